The van der Waals surface area contributed by atoms with Crippen molar-refractivity contribution in [3.05, 3.63) is 33.9 Å². The van der Waals surface area contributed by atoms with Gasteiger partial charge in [0.25, 0.3) is 5.91 Å². The maximum absolute atomic E-state index is 12.3. The summed E-state index contributed by atoms with van der Waals surface area (Å²) in [5, 5.41) is 6.13. The molecule has 1 aromatic carbocycles. The van der Waals surface area contributed by atoms with Crippen LogP contribution in [0.25, 0.3) is 0 Å². The van der Waals surface area contributed by atoms with Gasteiger partial charge in [-0.2, -0.15) is 0 Å². The van der Waals surface area contributed by atoms with Gasteiger partial charge in [0, 0.05) is 6.07 Å². The zero-order chi connectivity index (χ0) is 18.6. The Morgan fingerprint density at radius 1 is 1.20 bits per heavy atom. The monoisotopic (exact) mass is 412 g/mol. The Bertz CT molecular complexity index is 764. The molecule has 9 heteroatoms. The number of hydrogen-bond donors (Lipinski definition) is 1. The van der Waals surface area contributed by atoms with Crippen LogP contribution in [-0.2, 0) is 9.53 Å². The van der Waals surface area contributed by atoms with Crippen LogP contribution in [0.15, 0.2) is 27.2 Å². The first-order chi connectivity index (χ1) is 11.8. The summed E-state index contributed by atoms with van der Waals surface area (Å²) in [4.78, 5) is 24.4. The van der Waals surface area contributed by atoms with E-state index in [1.165, 1.54) is 33.3 Å². The minimum absolute atomic E-state index is 0.178. The van der Waals surface area contributed by atoms with E-state index in [1.807, 2.05) is 0 Å². The number of aromatic nitrogens is 1. The average molecular weight is 413 g/mol. The molecule has 134 valence electrons. The smallest absolute Gasteiger partial charge is 0.339 e. The molecular formula is C16H17BrN2O6. The van der Waals surface area contributed by atoms with Crippen LogP contribution in [0, 0.1) is 6.92 Å². The van der Waals surface area contributed by atoms with Gasteiger partial charge in [0.05, 0.1) is 25.5 Å². The second-order valence-electron chi connectivity index (χ2n) is 5.06. The van der Waals surface area contributed by atoms with E-state index in [2.05, 4.69) is 26.4 Å². The van der Waals surface area contributed by atoms with Crippen molar-refractivity contribution >= 4 is 33.7 Å². The number of carbonyl (C=O) groups is 2. The summed E-state index contributed by atoms with van der Waals surface area (Å²) >= 11 is 3.32. The summed E-state index contributed by atoms with van der Waals surface area (Å²) in [7, 11) is 2.92. The summed E-state index contributed by atoms with van der Waals surface area (Å²) in [5.74, 6) is -0.250. The number of ether oxygens (including phenoxy) is 3. The molecule has 0 radical (unpaired) electrons. The minimum Gasteiger partial charge on any atom is -0.495 e. The third kappa shape index (κ3) is 4.50. The summed E-state index contributed by atoms with van der Waals surface area (Å²) in [6.45, 7) is 3.17. The Balaban J connectivity index is 2.09. The predicted molar refractivity (Wildman–Crippen MR) is 92.0 cm³/mol. The number of amides is 1. The highest BCUT2D eigenvalue weighted by molar-refractivity contribution is 9.10. The summed E-state index contributed by atoms with van der Waals surface area (Å²) < 4.78 is 21.0. The zero-order valence-electron chi connectivity index (χ0n) is 14.1. The molecule has 8 nitrogen and oxygen atoms in total. The van der Waals surface area contributed by atoms with Crippen molar-refractivity contribution in [2.75, 3.05) is 19.5 Å². The highest BCUT2D eigenvalue weighted by Gasteiger charge is 2.22. The van der Waals surface area contributed by atoms with E-state index < -0.39 is 18.0 Å². The quantitative estimate of drug-likeness (QED) is 0.727. The van der Waals surface area contributed by atoms with Crippen LogP contribution in [0.3, 0.4) is 0 Å². The van der Waals surface area contributed by atoms with Gasteiger partial charge >= 0.3 is 5.97 Å². The van der Waals surface area contributed by atoms with Gasteiger partial charge in [-0.1, -0.05) is 5.16 Å². The van der Waals surface area contributed by atoms with Crippen LogP contribution in [0.2, 0.25) is 0 Å². The molecule has 1 amide bonds. The Morgan fingerprint density at radius 3 is 2.28 bits per heavy atom. The maximum atomic E-state index is 12.3. The van der Waals surface area contributed by atoms with E-state index >= 15 is 0 Å². The number of esters is 1. The van der Waals surface area contributed by atoms with Gasteiger partial charge in [0.1, 0.15) is 16.0 Å². The lowest BCUT2D eigenvalue weighted by atomic mass is 10.2. The number of nitrogens with zero attached hydrogens (tertiary/aromatic N) is 1. The number of rotatable bonds is 6. The molecule has 1 N–H and O–H groups in total. The van der Waals surface area contributed by atoms with Crippen molar-refractivity contribution in [2.45, 2.75) is 20.0 Å². The topological polar surface area (TPSA) is 99.9 Å². The minimum atomic E-state index is -1.04. The number of anilines is 1. The Morgan fingerprint density at radius 2 is 1.80 bits per heavy atom. The van der Waals surface area contributed by atoms with E-state index in [-0.39, 0.29) is 11.4 Å². The van der Waals surface area contributed by atoms with Crippen molar-refractivity contribution in [3.63, 3.8) is 0 Å². The van der Waals surface area contributed by atoms with Crippen molar-refractivity contribution in [1.29, 1.82) is 0 Å². The summed E-state index contributed by atoms with van der Waals surface area (Å²) in [6.07, 6.45) is -1.04. The van der Waals surface area contributed by atoms with E-state index in [0.717, 1.165) is 0 Å². The third-order valence-electron chi connectivity index (χ3n) is 3.21. The van der Waals surface area contributed by atoms with Gasteiger partial charge in [0.2, 0.25) is 5.88 Å². The van der Waals surface area contributed by atoms with Crippen LogP contribution < -0.4 is 14.8 Å². The predicted octanol–water partition coefficient (Wildman–Crippen LogP) is 2.95. The molecule has 1 atom stereocenters. The number of benzene rings is 1. The lowest BCUT2D eigenvalue weighted by Crippen LogP contribution is -2.29. The van der Waals surface area contributed by atoms with Gasteiger partial charge in [-0.05, 0) is 41.9 Å². The van der Waals surface area contributed by atoms with Crippen LogP contribution in [0.1, 0.15) is 23.0 Å². The molecule has 0 aliphatic heterocycles. The molecule has 1 aromatic heterocycles. The fourth-order valence-corrected chi connectivity index (χ4v) is 2.47. The second-order valence-corrected chi connectivity index (χ2v) is 5.86. The van der Waals surface area contributed by atoms with Crippen LogP contribution in [0.5, 0.6) is 11.5 Å². The van der Waals surface area contributed by atoms with E-state index in [0.29, 0.717) is 21.7 Å². The molecule has 1 heterocycles. The molecule has 0 saturated carbocycles. The summed E-state index contributed by atoms with van der Waals surface area (Å²) in [6, 6.07) is 4.52. The Hall–Kier alpha value is -2.55. The van der Waals surface area contributed by atoms with Crippen molar-refractivity contribution in [3.8, 4) is 11.5 Å². The second kappa shape index (κ2) is 8.02. The van der Waals surface area contributed by atoms with Crippen LogP contribution >= 0.6 is 15.9 Å². The molecule has 2 aromatic rings. The average Bonchev–Trinajstić information content (AvgIpc) is 2.99. The molecule has 0 aliphatic rings. The van der Waals surface area contributed by atoms with E-state index in [1.54, 1.807) is 13.0 Å². The van der Waals surface area contributed by atoms with Gasteiger partial charge in [-0.3, -0.25) is 10.1 Å². The van der Waals surface area contributed by atoms with Crippen molar-refractivity contribution in [1.82, 2.24) is 5.16 Å². The molecule has 25 heavy (non-hydrogen) atoms. The van der Waals surface area contributed by atoms with Gasteiger partial charge in [0.15, 0.2) is 6.10 Å². The lowest BCUT2D eigenvalue weighted by molar-refractivity contribution is -0.123. The molecule has 1 unspecified atom stereocenters. The van der Waals surface area contributed by atoms with Crippen molar-refractivity contribution in [2.24, 2.45) is 0 Å². The fourth-order valence-electron chi connectivity index (χ4n) is 1.91. The number of aryl methyl sites for hydroxylation is 1. The molecule has 0 saturated heterocycles. The first kappa shape index (κ1) is 18.8. The molecule has 0 aliphatic carbocycles. The van der Waals surface area contributed by atoms with Gasteiger partial charge < -0.3 is 18.7 Å². The first-order valence-corrected chi connectivity index (χ1v) is 8.01. The number of hydrogen-bond acceptors (Lipinski definition) is 7. The molecule has 0 bridgehead atoms. The number of carbonyl (C=O) groups excluding carboxylic acids is 2. The van der Waals surface area contributed by atoms with Crippen molar-refractivity contribution < 1.29 is 28.3 Å². The standard InChI is InChI=1S/C16H17BrN2O6/c1-8-5-13(25-19-8)18-15(20)9(2)24-16(21)10-6-11(22-3)14(17)12(7-10)23-4/h5-7,9H,1-4H3,(H,18,20). The number of methoxy groups -OCH3 is 2. The lowest BCUT2D eigenvalue weighted by Gasteiger charge is -2.14. The first-order valence-electron chi connectivity index (χ1n) is 7.22. The number of nitrogens with one attached hydrogen (secondary N) is 1. The van der Waals surface area contributed by atoms with Gasteiger partial charge in [-0.15, -0.1) is 0 Å². The Kier molecular flexibility index (Phi) is 6.02. The third-order valence-corrected chi connectivity index (χ3v) is 3.99. The highest BCUT2D eigenvalue weighted by atomic mass is 79.9. The van der Waals surface area contributed by atoms with Crippen LogP contribution in [0.4, 0.5) is 5.88 Å². The molecular weight excluding hydrogens is 396 g/mol. The molecule has 0 spiro atoms. The number of halogens is 1. The maximum Gasteiger partial charge on any atom is 0.339 e. The zero-order valence-corrected chi connectivity index (χ0v) is 15.7. The molecule has 0 fully saturated rings. The molecule has 2 rings (SSSR count). The largest absolute Gasteiger partial charge is 0.495 e. The SMILES string of the molecule is COc1cc(C(=O)OC(C)C(=O)Nc2cc(C)no2)cc(OC)c1Br. The van der Waals surface area contributed by atoms with E-state index in [4.69, 9.17) is 18.7 Å². The fraction of sp³-hybridized carbons (Fsp3) is 0.312. The normalized spacial score (nSPS) is 11.6. The van der Waals surface area contributed by atoms with E-state index in [9.17, 15) is 9.59 Å². The highest BCUT2D eigenvalue weighted by Crippen LogP contribution is 2.35. The Labute approximate surface area is 152 Å². The summed E-state index contributed by atoms with van der Waals surface area (Å²) in [5.41, 5.74) is 0.807. The van der Waals surface area contributed by atoms with Gasteiger partial charge in [-0.25, -0.2) is 4.79 Å². The van der Waals surface area contributed by atoms with Crippen LogP contribution in [-0.4, -0.2) is 37.4 Å².